The normalized spacial score (nSPS) is 12.6. The van der Waals surface area contributed by atoms with Crippen molar-refractivity contribution in [2.45, 2.75) is 29.8 Å². The molecule has 0 radical (unpaired) electrons. The van der Waals surface area contributed by atoms with Crippen LogP contribution in [0.25, 0.3) is 0 Å². The molecule has 0 aliphatic rings. The van der Waals surface area contributed by atoms with E-state index in [-0.39, 0.29) is 23.8 Å². The van der Waals surface area contributed by atoms with Crippen LogP contribution in [-0.4, -0.2) is 46.1 Å². The fraction of sp³-hybridized carbons (Fsp3) is 0.188. The number of rotatable bonds is 13. The van der Waals surface area contributed by atoms with Crippen LogP contribution in [-0.2, 0) is 32.4 Å². The first-order valence-electron chi connectivity index (χ1n) is 13.1. The number of carbonyl (C=O) groups excluding carboxylic acids is 2. The Morgan fingerprint density at radius 1 is 0.732 bits per heavy atom. The largest absolute Gasteiger partial charge is 0.497 e. The summed E-state index contributed by atoms with van der Waals surface area (Å²) >= 11 is 0. The molecule has 2 atom stereocenters. The lowest BCUT2D eigenvalue weighted by Gasteiger charge is -2.22. The van der Waals surface area contributed by atoms with Gasteiger partial charge in [0.05, 0.1) is 18.0 Å². The second-order valence-electron chi connectivity index (χ2n) is 9.40. The van der Waals surface area contributed by atoms with Gasteiger partial charge in [0, 0.05) is 5.56 Å². The quantitative estimate of drug-likeness (QED) is 0.233. The van der Waals surface area contributed by atoms with E-state index < -0.39 is 28.1 Å². The Balaban J connectivity index is 1.51. The highest BCUT2D eigenvalue weighted by Gasteiger charge is 2.28. The number of hydrogen-bond donors (Lipinski definition) is 2. The SMILES string of the molecule is COc1ccc(S(=O)(=O)N[C@@H](Cc2ccccc2)C(=O)OC[C@H](Cc2ccccc2)NC(=O)c2ccccc2)cc1. The topological polar surface area (TPSA) is 111 Å². The Morgan fingerprint density at radius 2 is 1.27 bits per heavy atom. The predicted octanol–water partition coefficient (Wildman–Crippen LogP) is 4.17. The van der Waals surface area contributed by atoms with Crippen LogP contribution < -0.4 is 14.8 Å². The van der Waals surface area contributed by atoms with Crippen LogP contribution in [0.4, 0.5) is 0 Å². The van der Waals surface area contributed by atoms with E-state index in [9.17, 15) is 18.0 Å². The maximum Gasteiger partial charge on any atom is 0.324 e. The lowest BCUT2D eigenvalue weighted by molar-refractivity contribution is -0.146. The van der Waals surface area contributed by atoms with Crippen LogP contribution in [0.1, 0.15) is 21.5 Å². The van der Waals surface area contributed by atoms with Crippen LogP contribution in [0.15, 0.2) is 120 Å². The zero-order valence-electron chi connectivity index (χ0n) is 22.6. The molecule has 0 saturated carbocycles. The maximum absolute atomic E-state index is 13.4. The zero-order chi connectivity index (χ0) is 29.1. The van der Waals surface area contributed by atoms with E-state index >= 15 is 0 Å². The van der Waals surface area contributed by atoms with Crippen molar-refractivity contribution in [1.82, 2.24) is 10.0 Å². The van der Waals surface area contributed by atoms with Crippen molar-refractivity contribution >= 4 is 21.9 Å². The Hall–Kier alpha value is -4.47. The number of ether oxygens (including phenoxy) is 2. The first-order valence-corrected chi connectivity index (χ1v) is 14.6. The van der Waals surface area contributed by atoms with Crippen LogP contribution >= 0.6 is 0 Å². The second kappa shape index (κ2) is 14.2. The summed E-state index contributed by atoms with van der Waals surface area (Å²) in [6.45, 7) is -0.151. The monoisotopic (exact) mass is 572 g/mol. The molecule has 4 aromatic rings. The summed E-state index contributed by atoms with van der Waals surface area (Å²) in [6, 6.07) is 31.5. The number of amides is 1. The molecule has 2 N–H and O–H groups in total. The van der Waals surface area contributed by atoms with E-state index in [1.807, 2.05) is 54.6 Å². The average molecular weight is 573 g/mol. The molecule has 4 aromatic carbocycles. The number of sulfonamides is 1. The molecule has 0 bridgehead atoms. The molecule has 0 saturated heterocycles. The van der Waals surface area contributed by atoms with Crippen molar-refractivity contribution in [3.05, 3.63) is 132 Å². The first-order chi connectivity index (χ1) is 19.8. The van der Waals surface area contributed by atoms with Crippen LogP contribution in [0.5, 0.6) is 5.75 Å². The third-order valence-electron chi connectivity index (χ3n) is 6.36. The van der Waals surface area contributed by atoms with Crippen molar-refractivity contribution in [3.8, 4) is 5.75 Å². The van der Waals surface area contributed by atoms with Crippen LogP contribution in [0, 0.1) is 0 Å². The Morgan fingerprint density at radius 3 is 1.83 bits per heavy atom. The molecular weight excluding hydrogens is 540 g/mol. The number of benzene rings is 4. The molecule has 1 amide bonds. The third-order valence-corrected chi connectivity index (χ3v) is 7.84. The number of hydrogen-bond acceptors (Lipinski definition) is 6. The average Bonchev–Trinajstić information content (AvgIpc) is 3.00. The van der Waals surface area contributed by atoms with Gasteiger partial charge in [-0.05, 0) is 60.4 Å². The molecular formula is C32H32N2O6S. The number of methoxy groups -OCH3 is 1. The molecule has 212 valence electrons. The summed E-state index contributed by atoms with van der Waals surface area (Å²) in [5.41, 5.74) is 2.18. The van der Waals surface area contributed by atoms with Gasteiger partial charge in [0.2, 0.25) is 10.0 Å². The first kappa shape index (κ1) is 29.5. The molecule has 0 heterocycles. The molecule has 0 aliphatic carbocycles. The second-order valence-corrected chi connectivity index (χ2v) is 11.1. The van der Waals surface area contributed by atoms with Crippen molar-refractivity contribution in [2.75, 3.05) is 13.7 Å². The summed E-state index contributed by atoms with van der Waals surface area (Å²) in [5, 5.41) is 2.94. The van der Waals surface area contributed by atoms with Crippen LogP contribution in [0.3, 0.4) is 0 Å². The summed E-state index contributed by atoms with van der Waals surface area (Å²) in [6.07, 6.45) is 0.488. The molecule has 9 heteroatoms. The Kier molecular flexibility index (Phi) is 10.3. The van der Waals surface area contributed by atoms with Gasteiger partial charge in [-0.2, -0.15) is 4.72 Å². The molecule has 8 nitrogen and oxygen atoms in total. The lowest BCUT2D eigenvalue weighted by Crippen LogP contribution is -2.46. The van der Waals surface area contributed by atoms with E-state index in [1.54, 1.807) is 36.4 Å². The van der Waals surface area contributed by atoms with Gasteiger partial charge in [-0.3, -0.25) is 9.59 Å². The smallest absolute Gasteiger partial charge is 0.324 e. The molecule has 0 aromatic heterocycles. The highest BCUT2D eigenvalue weighted by atomic mass is 32.2. The maximum atomic E-state index is 13.4. The van der Waals surface area contributed by atoms with E-state index in [4.69, 9.17) is 9.47 Å². The minimum atomic E-state index is -4.07. The van der Waals surface area contributed by atoms with E-state index in [0.29, 0.717) is 17.7 Å². The van der Waals surface area contributed by atoms with Gasteiger partial charge in [0.15, 0.2) is 0 Å². The van der Waals surface area contributed by atoms with Crippen molar-refractivity contribution < 1.29 is 27.5 Å². The fourth-order valence-electron chi connectivity index (χ4n) is 4.22. The fourth-order valence-corrected chi connectivity index (χ4v) is 5.41. The van der Waals surface area contributed by atoms with Gasteiger partial charge in [-0.15, -0.1) is 0 Å². The molecule has 0 fully saturated rings. The molecule has 0 spiro atoms. The summed E-state index contributed by atoms with van der Waals surface area (Å²) in [5.74, 6) is -0.548. The zero-order valence-corrected chi connectivity index (χ0v) is 23.4. The third kappa shape index (κ3) is 8.76. The van der Waals surface area contributed by atoms with Gasteiger partial charge in [-0.1, -0.05) is 78.9 Å². The minimum Gasteiger partial charge on any atom is -0.497 e. The van der Waals surface area contributed by atoms with Gasteiger partial charge in [0.25, 0.3) is 5.91 Å². The van der Waals surface area contributed by atoms with Gasteiger partial charge >= 0.3 is 5.97 Å². The Bertz CT molecular complexity index is 1510. The summed E-state index contributed by atoms with van der Waals surface area (Å²) in [4.78, 5) is 26.3. The molecule has 41 heavy (non-hydrogen) atoms. The summed E-state index contributed by atoms with van der Waals surface area (Å²) in [7, 11) is -2.58. The molecule has 0 unspecified atom stereocenters. The minimum absolute atomic E-state index is 0.0127. The van der Waals surface area contributed by atoms with Crippen molar-refractivity contribution in [1.29, 1.82) is 0 Å². The Labute approximate surface area is 240 Å². The van der Waals surface area contributed by atoms with E-state index in [0.717, 1.165) is 11.1 Å². The lowest BCUT2D eigenvalue weighted by atomic mass is 10.1. The van der Waals surface area contributed by atoms with Gasteiger partial charge < -0.3 is 14.8 Å². The molecule has 0 aliphatic heterocycles. The predicted molar refractivity (Wildman–Crippen MR) is 156 cm³/mol. The van der Waals surface area contributed by atoms with E-state index in [1.165, 1.54) is 31.4 Å². The van der Waals surface area contributed by atoms with E-state index in [2.05, 4.69) is 10.0 Å². The van der Waals surface area contributed by atoms with Gasteiger partial charge in [0.1, 0.15) is 18.4 Å². The standard InChI is InChI=1S/C32H32N2O6S/c1-39-28-17-19-29(20-18-28)41(37,38)34-30(22-25-13-7-3-8-14-25)32(36)40-23-27(21-24-11-5-2-6-12-24)33-31(35)26-15-9-4-10-16-26/h2-20,27,30,34H,21-23H2,1H3,(H,33,35)/t27-,30-/m0/s1. The van der Waals surface area contributed by atoms with Crippen molar-refractivity contribution in [3.63, 3.8) is 0 Å². The van der Waals surface area contributed by atoms with Crippen LogP contribution in [0.2, 0.25) is 0 Å². The summed E-state index contributed by atoms with van der Waals surface area (Å²) < 4.78 is 39.7. The number of carbonyl (C=O) groups is 2. The number of esters is 1. The highest BCUT2D eigenvalue weighted by molar-refractivity contribution is 7.89. The number of nitrogens with one attached hydrogen (secondary N) is 2. The molecule has 4 rings (SSSR count). The van der Waals surface area contributed by atoms with Crippen molar-refractivity contribution in [2.24, 2.45) is 0 Å². The van der Waals surface area contributed by atoms with Gasteiger partial charge in [-0.25, -0.2) is 8.42 Å². The highest BCUT2D eigenvalue weighted by Crippen LogP contribution is 2.17.